The third-order valence-corrected chi connectivity index (χ3v) is 8.09. The number of carbonyl (C=O) groups excluding carboxylic acids is 1. The summed E-state index contributed by atoms with van der Waals surface area (Å²) in [5.74, 6) is 1.50. The molecule has 1 amide bonds. The topological polar surface area (TPSA) is 56.6 Å². The van der Waals surface area contributed by atoms with Crippen molar-refractivity contribution >= 4 is 17.7 Å². The Morgan fingerprint density at radius 2 is 1.88 bits per heavy atom. The third kappa shape index (κ3) is 4.80. The van der Waals surface area contributed by atoms with E-state index in [2.05, 4.69) is 11.0 Å². The summed E-state index contributed by atoms with van der Waals surface area (Å²) < 4.78 is 6.00. The lowest BCUT2D eigenvalue weighted by Gasteiger charge is -2.44. The number of thioether (sulfide) groups is 1. The molecule has 2 heterocycles. The normalized spacial score (nSPS) is 22.1. The Morgan fingerprint density at radius 3 is 2.67 bits per heavy atom. The van der Waals surface area contributed by atoms with Crippen LogP contribution in [0.4, 0.5) is 0 Å². The molecule has 1 atom stereocenters. The van der Waals surface area contributed by atoms with Crippen LogP contribution in [0.2, 0.25) is 0 Å². The van der Waals surface area contributed by atoms with Gasteiger partial charge in [0.1, 0.15) is 12.4 Å². The molecule has 2 aromatic rings. The second-order valence-corrected chi connectivity index (χ2v) is 9.98. The van der Waals surface area contributed by atoms with Gasteiger partial charge in [-0.05, 0) is 36.1 Å². The fourth-order valence-corrected chi connectivity index (χ4v) is 6.34. The maximum Gasteiger partial charge on any atom is 0.229 e. The number of rotatable bonds is 5. The first-order chi connectivity index (χ1) is 16.2. The van der Waals surface area contributed by atoms with E-state index < -0.39 is 0 Å². The van der Waals surface area contributed by atoms with Crippen molar-refractivity contribution in [3.63, 3.8) is 0 Å². The zero-order valence-corrected chi connectivity index (χ0v) is 19.6. The number of allylic oxidation sites excluding steroid dienone is 1. The van der Waals surface area contributed by atoms with Gasteiger partial charge in [0.25, 0.3) is 0 Å². The van der Waals surface area contributed by atoms with E-state index >= 15 is 0 Å². The molecule has 3 aliphatic rings. The van der Waals surface area contributed by atoms with Gasteiger partial charge in [-0.1, -0.05) is 73.5 Å². The van der Waals surface area contributed by atoms with Crippen molar-refractivity contribution in [3.8, 4) is 11.8 Å². The van der Waals surface area contributed by atoms with Gasteiger partial charge in [0.2, 0.25) is 5.91 Å². The second-order valence-electron chi connectivity index (χ2n) is 9.05. The van der Waals surface area contributed by atoms with E-state index in [-0.39, 0.29) is 11.8 Å². The van der Waals surface area contributed by atoms with Crippen LogP contribution in [0.5, 0.6) is 5.75 Å². The van der Waals surface area contributed by atoms with E-state index in [1.807, 2.05) is 59.5 Å². The fourth-order valence-electron chi connectivity index (χ4n) is 5.10. The van der Waals surface area contributed by atoms with Gasteiger partial charge < -0.3 is 4.74 Å². The van der Waals surface area contributed by atoms with Crippen LogP contribution in [0.25, 0.3) is 0 Å². The van der Waals surface area contributed by atoms with Crippen molar-refractivity contribution in [2.45, 2.75) is 57.1 Å². The molecule has 170 valence electrons. The van der Waals surface area contributed by atoms with E-state index in [4.69, 9.17) is 4.74 Å². The van der Waals surface area contributed by atoms with Gasteiger partial charge in [-0.15, -0.1) is 0 Å². The van der Waals surface area contributed by atoms with Crippen LogP contribution in [-0.4, -0.2) is 34.3 Å². The van der Waals surface area contributed by atoms with E-state index in [0.717, 1.165) is 27.8 Å². The lowest BCUT2D eigenvalue weighted by Crippen LogP contribution is -2.51. The van der Waals surface area contributed by atoms with Crippen LogP contribution in [0.1, 0.15) is 55.6 Å². The predicted octanol–water partition coefficient (Wildman–Crippen LogP) is 5.61. The number of nitriles is 1. The summed E-state index contributed by atoms with van der Waals surface area (Å²) in [5.41, 5.74) is 2.78. The molecule has 1 unspecified atom stereocenters. The number of carbonyl (C=O) groups is 1. The monoisotopic (exact) mass is 459 g/mol. The summed E-state index contributed by atoms with van der Waals surface area (Å²) in [6, 6.07) is 20.9. The summed E-state index contributed by atoms with van der Waals surface area (Å²) >= 11 is 1.65. The molecule has 5 nitrogen and oxygen atoms in total. The number of benzene rings is 2. The van der Waals surface area contributed by atoms with Gasteiger partial charge in [0, 0.05) is 18.4 Å². The van der Waals surface area contributed by atoms with Crippen LogP contribution >= 0.6 is 11.8 Å². The van der Waals surface area contributed by atoms with Gasteiger partial charge in [-0.2, -0.15) is 5.26 Å². The molecule has 0 radical (unpaired) electrons. The highest BCUT2D eigenvalue weighted by atomic mass is 32.2. The molecule has 33 heavy (non-hydrogen) atoms. The standard InChI is InChI=1S/C27H29N3O2S/c28-16-25-24(21-10-7-13-23(14-21)32-17-20-8-3-1-4-9-20)15-26(31)30-18-29(19-33-27(25)30)22-11-5-2-6-12-22/h1,3-4,7-10,13-14,22,24H,2,5-6,11-12,15,17-19H2. The van der Waals surface area contributed by atoms with Crippen molar-refractivity contribution < 1.29 is 9.53 Å². The Morgan fingerprint density at radius 1 is 1.06 bits per heavy atom. The van der Waals surface area contributed by atoms with Gasteiger partial charge in [0.05, 0.1) is 29.2 Å². The minimum Gasteiger partial charge on any atom is -0.489 e. The lowest BCUT2D eigenvalue weighted by molar-refractivity contribution is -0.132. The first kappa shape index (κ1) is 22.1. The molecular formula is C27H29N3O2S. The molecule has 0 bridgehead atoms. The van der Waals surface area contributed by atoms with E-state index in [9.17, 15) is 10.1 Å². The Bertz CT molecular complexity index is 1070. The molecule has 2 fully saturated rings. The summed E-state index contributed by atoms with van der Waals surface area (Å²) in [6.45, 7) is 1.10. The molecule has 2 aromatic carbocycles. The first-order valence-corrected chi connectivity index (χ1v) is 12.8. The number of ether oxygens (including phenoxy) is 1. The third-order valence-electron chi connectivity index (χ3n) is 6.91. The van der Waals surface area contributed by atoms with Gasteiger partial charge in [0.15, 0.2) is 0 Å². The number of amides is 1. The predicted molar refractivity (Wildman–Crippen MR) is 130 cm³/mol. The van der Waals surface area contributed by atoms with Crippen molar-refractivity contribution in [2.24, 2.45) is 0 Å². The highest BCUT2D eigenvalue weighted by Gasteiger charge is 2.39. The minimum atomic E-state index is -0.220. The molecule has 0 N–H and O–H groups in total. The SMILES string of the molecule is N#CC1=C2SCN(C3CCCCC3)CN2C(=O)CC1c1cccc(OCc2ccccc2)c1. The highest BCUT2D eigenvalue weighted by molar-refractivity contribution is 8.03. The fraction of sp³-hybridized carbons (Fsp3) is 0.407. The van der Waals surface area contributed by atoms with Crippen LogP contribution in [0.3, 0.4) is 0 Å². The summed E-state index contributed by atoms with van der Waals surface area (Å²) in [7, 11) is 0. The highest BCUT2D eigenvalue weighted by Crippen LogP contribution is 2.44. The maximum atomic E-state index is 13.2. The molecule has 6 heteroatoms. The summed E-state index contributed by atoms with van der Waals surface area (Å²) in [5, 5.41) is 10.9. The minimum absolute atomic E-state index is 0.109. The van der Waals surface area contributed by atoms with Crippen LogP contribution in [-0.2, 0) is 11.4 Å². The van der Waals surface area contributed by atoms with Gasteiger partial charge in [-0.3, -0.25) is 14.6 Å². The zero-order chi connectivity index (χ0) is 22.6. The van der Waals surface area contributed by atoms with E-state index in [0.29, 0.717) is 31.3 Å². The van der Waals surface area contributed by atoms with E-state index in [1.165, 1.54) is 32.1 Å². The van der Waals surface area contributed by atoms with Crippen molar-refractivity contribution in [1.29, 1.82) is 5.26 Å². The van der Waals surface area contributed by atoms with Crippen LogP contribution in [0.15, 0.2) is 65.2 Å². The van der Waals surface area contributed by atoms with Crippen molar-refractivity contribution in [3.05, 3.63) is 76.3 Å². The number of fused-ring (bicyclic) bond motifs is 1. The largest absolute Gasteiger partial charge is 0.489 e. The Balaban J connectivity index is 1.34. The van der Waals surface area contributed by atoms with Crippen LogP contribution < -0.4 is 4.74 Å². The molecule has 5 rings (SSSR count). The number of nitrogens with zero attached hydrogens (tertiary/aromatic N) is 3. The van der Waals surface area contributed by atoms with Crippen LogP contribution in [0, 0.1) is 11.3 Å². The molecular weight excluding hydrogens is 430 g/mol. The van der Waals surface area contributed by atoms with Crippen molar-refractivity contribution in [2.75, 3.05) is 12.5 Å². The van der Waals surface area contributed by atoms with Crippen molar-refractivity contribution in [1.82, 2.24) is 9.80 Å². The second kappa shape index (κ2) is 10.0. The Kier molecular flexibility index (Phi) is 6.70. The molecule has 1 saturated carbocycles. The molecule has 0 spiro atoms. The lowest BCUT2D eigenvalue weighted by atomic mass is 9.86. The smallest absolute Gasteiger partial charge is 0.229 e. The average Bonchev–Trinajstić information content (AvgIpc) is 2.88. The van der Waals surface area contributed by atoms with E-state index in [1.54, 1.807) is 11.8 Å². The maximum absolute atomic E-state index is 13.2. The first-order valence-electron chi connectivity index (χ1n) is 11.8. The van der Waals surface area contributed by atoms with Gasteiger partial charge >= 0.3 is 0 Å². The molecule has 2 aliphatic heterocycles. The number of hydrogen-bond donors (Lipinski definition) is 0. The average molecular weight is 460 g/mol. The zero-order valence-electron chi connectivity index (χ0n) is 18.8. The quantitative estimate of drug-likeness (QED) is 0.581. The molecule has 1 saturated heterocycles. The van der Waals surface area contributed by atoms with Gasteiger partial charge in [-0.25, -0.2) is 0 Å². The Hall–Kier alpha value is -2.75. The summed E-state index contributed by atoms with van der Waals surface area (Å²) in [6.07, 6.45) is 6.62. The number of hydrogen-bond acceptors (Lipinski definition) is 5. The summed E-state index contributed by atoms with van der Waals surface area (Å²) in [4.78, 5) is 17.5. The molecule has 0 aromatic heterocycles. The molecule has 1 aliphatic carbocycles. The Labute approximate surface area is 200 Å².